The van der Waals surface area contributed by atoms with Crippen LogP contribution in [0.15, 0.2) is 64.0 Å². The van der Waals surface area contributed by atoms with Crippen LogP contribution in [0.1, 0.15) is 12.2 Å². The van der Waals surface area contributed by atoms with Crippen LogP contribution in [0.25, 0.3) is 11.3 Å². The molecular weight excluding hydrogens is 378 g/mol. The first-order chi connectivity index (χ1) is 10.8. The average Bonchev–Trinajstić information content (AvgIpc) is 3.19. The maximum Gasteiger partial charge on any atom is 0.134 e. The fourth-order valence-corrected chi connectivity index (χ4v) is 2.52. The van der Waals surface area contributed by atoms with Gasteiger partial charge >= 0.3 is 0 Å². The van der Waals surface area contributed by atoms with E-state index in [1.807, 2.05) is 48.9 Å². The smallest absolute Gasteiger partial charge is 0.134 e. The van der Waals surface area contributed by atoms with Crippen molar-refractivity contribution in [1.82, 2.24) is 14.9 Å². The Morgan fingerprint density at radius 1 is 1.13 bits per heavy atom. The van der Waals surface area contributed by atoms with Crippen molar-refractivity contribution in [1.29, 1.82) is 0 Å². The van der Waals surface area contributed by atoms with Crippen molar-refractivity contribution in [2.45, 2.75) is 19.5 Å². The van der Waals surface area contributed by atoms with Crippen LogP contribution in [0.5, 0.6) is 0 Å². The number of nitrogens with zero attached hydrogens (tertiary/aromatic N) is 2. The monoisotopic (exact) mass is 395 g/mol. The molecule has 3 aromatic rings. The molecule has 2 heterocycles. The maximum absolute atomic E-state index is 5.87. The van der Waals surface area contributed by atoms with Crippen molar-refractivity contribution < 1.29 is 4.42 Å². The third-order valence-electron chi connectivity index (χ3n) is 3.42. The first-order valence-electron chi connectivity index (χ1n) is 7.32. The van der Waals surface area contributed by atoms with Crippen LogP contribution in [0.4, 0.5) is 0 Å². The van der Waals surface area contributed by atoms with Crippen molar-refractivity contribution in [3.63, 3.8) is 0 Å². The molecule has 0 aliphatic carbocycles. The van der Waals surface area contributed by atoms with Crippen LogP contribution >= 0.6 is 28.3 Å². The van der Waals surface area contributed by atoms with Gasteiger partial charge in [0, 0.05) is 29.0 Å². The first-order valence-corrected chi connectivity index (χ1v) is 8.12. The molecule has 0 bridgehead atoms. The number of rotatable bonds is 7. The Kier molecular flexibility index (Phi) is 6.89. The second-order valence-corrected chi connectivity index (χ2v) is 6.02. The zero-order valence-electron chi connectivity index (χ0n) is 12.6. The number of hydrogen-bond acceptors (Lipinski definition) is 3. The Hall–Kier alpha value is -1.56. The number of aryl methyl sites for hydroxylation is 1. The first kappa shape index (κ1) is 17.8. The summed E-state index contributed by atoms with van der Waals surface area (Å²) in [4.78, 5) is 4.03. The SMILES string of the molecule is Brc1ccc(-c2ccc(CNCCCn3ccnc3)o2)cc1.Cl. The summed E-state index contributed by atoms with van der Waals surface area (Å²) in [6.07, 6.45) is 6.70. The van der Waals surface area contributed by atoms with E-state index >= 15 is 0 Å². The highest BCUT2D eigenvalue weighted by Crippen LogP contribution is 2.23. The molecule has 0 unspecified atom stereocenters. The lowest BCUT2D eigenvalue weighted by Gasteiger charge is -2.04. The molecule has 3 rings (SSSR count). The maximum atomic E-state index is 5.87. The molecular formula is C17H19BrClN3O. The van der Waals surface area contributed by atoms with Gasteiger partial charge < -0.3 is 14.3 Å². The van der Waals surface area contributed by atoms with Gasteiger partial charge in [0.15, 0.2) is 0 Å². The van der Waals surface area contributed by atoms with E-state index < -0.39 is 0 Å². The third-order valence-corrected chi connectivity index (χ3v) is 3.95. The fraction of sp³-hybridized carbons (Fsp3) is 0.235. The molecule has 1 aromatic carbocycles. The molecule has 1 N–H and O–H groups in total. The summed E-state index contributed by atoms with van der Waals surface area (Å²) in [5.41, 5.74) is 1.09. The largest absolute Gasteiger partial charge is 0.460 e. The number of aromatic nitrogens is 2. The molecule has 0 saturated carbocycles. The Labute approximate surface area is 150 Å². The van der Waals surface area contributed by atoms with Gasteiger partial charge in [0.1, 0.15) is 11.5 Å². The summed E-state index contributed by atoms with van der Waals surface area (Å²) in [6, 6.07) is 12.2. The van der Waals surface area contributed by atoms with E-state index in [2.05, 4.69) is 30.8 Å². The van der Waals surface area contributed by atoms with E-state index in [1.165, 1.54) is 0 Å². The molecule has 0 aliphatic heterocycles. The Morgan fingerprint density at radius 3 is 2.70 bits per heavy atom. The van der Waals surface area contributed by atoms with Gasteiger partial charge in [-0.2, -0.15) is 0 Å². The molecule has 0 radical (unpaired) electrons. The molecule has 4 nitrogen and oxygen atoms in total. The van der Waals surface area contributed by atoms with E-state index in [9.17, 15) is 0 Å². The number of imidazole rings is 1. The molecule has 2 aromatic heterocycles. The lowest BCUT2D eigenvalue weighted by molar-refractivity contribution is 0.484. The van der Waals surface area contributed by atoms with Crippen LogP contribution in [0.2, 0.25) is 0 Å². The van der Waals surface area contributed by atoms with Crippen LogP contribution in [0.3, 0.4) is 0 Å². The highest BCUT2D eigenvalue weighted by Gasteiger charge is 2.04. The average molecular weight is 397 g/mol. The standard InChI is InChI=1S/C17H18BrN3O.ClH/c18-15-4-2-14(3-5-15)17-7-6-16(22-17)12-19-8-1-10-21-11-9-20-13-21;/h2-7,9,11,13,19H,1,8,10,12H2;1H. The van der Waals surface area contributed by atoms with Gasteiger partial charge in [-0.3, -0.25) is 0 Å². The summed E-state index contributed by atoms with van der Waals surface area (Å²) >= 11 is 3.44. The minimum Gasteiger partial charge on any atom is -0.460 e. The summed E-state index contributed by atoms with van der Waals surface area (Å²) < 4.78 is 9.02. The number of furan rings is 1. The van der Waals surface area contributed by atoms with Gasteiger partial charge in [-0.1, -0.05) is 28.1 Å². The predicted molar refractivity (Wildman–Crippen MR) is 97.6 cm³/mol. The van der Waals surface area contributed by atoms with Gasteiger partial charge in [-0.25, -0.2) is 4.98 Å². The topological polar surface area (TPSA) is 43.0 Å². The van der Waals surface area contributed by atoms with Crippen molar-refractivity contribution in [2.24, 2.45) is 0 Å². The van der Waals surface area contributed by atoms with E-state index in [-0.39, 0.29) is 12.4 Å². The summed E-state index contributed by atoms with van der Waals surface area (Å²) in [5, 5.41) is 3.40. The zero-order chi connectivity index (χ0) is 15.2. The van der Waals surface area contributed by atoms with Crippen LogP contribution in [-0.4, -0.2) is 16.1 Å². The number of nitrogens with one attached hydrogen (secondary N) is 1. The predicted octanol–water partition coefficient (Wildman–Crippen LogP) is 4.51. The molecule has 122 valence electrons. The normalized spacial score (nSPS) is 10.5. The highest BCUT2D eigenvalue weighted by molar-refractivity contribution is 9.10. The minimum atomic E-state index is 0. The summed E-state index contributed by atoms with van der Waals surface area (Å²) in [5.74, 6) is 1.86. The number of hydrogen-bond donors (Lipinski definition) is 1. The quantitative estimate of drug-likeness (QED) is 0.598. The highest BCUT2D eigenvalue weighted by atomic mass is 79.9. The Morgan fingerprint density at radius 2 is 1.96 bits per heavy atom. The van der Waals surface area contributed by atoms with Gasteiger partial charge in [0.2, 0.25) is 0 Å². The minimum absolute atomic E-state index is 0. The van der Waals surface area contributed by atoms with E-state index in [0.29, 0.717) is 0 Å². The number of halogens is 2. The van der Waals surface area contributed by atoms with Crippen LogP contribution in [0, 0.1) is 0 Å². The molecule has 0 amide bonds. The summed E-state index contributed by atoms with van der Waals surface area (Å²) in [7, 11) is 0. The Balaban J connectivity index is 0.00000192. The number of benzene rings is 1. The fourth-order valence-electron chi connectivity index (χ4n) is 2.26. The molecule has 0 fully saturated rings. The van der Waals surface area contributed by atoms with Crippen molar-refractivity contribution in [2.75, 3.05) is 6.54 Å². The van der Waals surface area contributed by atoms with E-state index in [0.717, 1.165) is 47.6 Å². The third kappa shape index (κ3) is 5.23. The molecule has 23 heavy (non-hydrogen) atoms. The van der Waals surface area contributed by atoms with Crippen LogP contribution in [-0.2, 0) is 13.1 Å². The zero-order valence-corrected chi connectivity index (χ0v) is 15.0. The second kappa shape index (κ2) is 8.91. The van der Waals surface area contributed by atoms with Gasteiger partial charge in [0.25, 0.3) is 0 Å². The van der Waals surface area contributed by atoms with Crippen molar-refractivity contribution >= 4 is 28.3 Å². The van der Waals surface area contributed by atoms with E-state index in [1.54, 1.807) is 6.20 Å². The van der Waals surface area contributed by atoms with Crippen LogP contribution < -0.4 is 5.32 Å². The summed E-state index contributed by atoms with van der Waals surface area (Å²) in [6.45, 7) is 2.68. The van der Waals surface area contributed by atoms with Crippen molar-refractivity contribution in [3.05, 3.63) is 65.4 Å². The second-order valence-electron chi connectivity index (χ2n) is 5.10. The van der Waals surface area contributed by atoms with Crippen molar-refractivity contribution in [3.8, 4) is 11.3 Å². The molecule has 0 spiro atoms. The lowest BCUT2D eigenvalue weighted by Crippen LogP contribution is -2.15. The molecule has 0 saturated heterocycles. The van der Waals surface area contributed by atoms with Gasteiger partial charge in [-0.15, -0.1) is 12.4 Å². The molecule has 6 heteroatoms. The molecule has 0 aliphatic rings. The van der Waals surface area contributed by atoms with E-state index in [4.69, 9.17) is 4.42 Å². The Bertz CT molecular complexity index is 695. The van der Waals surface area contributed by atoms with Gasteiger partial charge in [0.05, 0.1) is 12.9 Å². The lowest BCUT2D eigenvalue weighted by atomic mass is 10.2. The van der Waals surface area contributed by atoms with Gasteiger partial charge in [-0.05, 0) is 37.2 Å². The molecule has 0 atom stereocenters.